The van der Waals surface area contributed by atoms with Crippen molar-refractivity contribution in [3.63, 3.8) is 0 Å². The average molecular weight is 312 g/mol. The zero-order valence-corrected chi connectivity index (χ0v) is 14.1. The van der Waals surface area contributed by atoms with Crippen molar-refractivity contribution in [1.29, 1.82) is 0 Å². The Balaban J connectivity index is 1.60. The normalized spacial score (nSPS) is 38.3. The van der Waals surface area contributed by atoms with Gasteiger partial charge in [0.25, 0.3) is 0 Å². The lowest BCUT2D eigenvalue weighted by Gasteiger charge is -2.49. The second-order valence-electron chi connectivity index (χ2n) is 8.16. The third-order valence-corrected chi connectivity index (χ3v) is 6.81. The zero-order valence-electron chi connectivity index (χ0n) is 14.1. The van der Waals surface area contributed by atoms with Gasteiger partial charge in [0.2, 0.25) is 0 Å². The molecule has 2 heteroatoms. The Morgan fingerprint density at radius 2 is 2.26 bits per heavy atom. The Morgan fingerprint density at radius 3 is 3.09 bits per heavy atom. The van der Waals surface area contributed by atoms with Crippen LogP contribution < -0.4 is 4.74 Å². The summed E-state index contributed by atoms with van der Waals surface area (Å²) in [5.74, 6) is 3.13. The molecule has 0 saturated heterocycles. The molecule has 0 bridgehead atoms. The van der Waals surface area contributed by atoms with Gasteiger partial charge in [-0.2, -0.15) is 0 Å². The quantitative estimate of drug-likeness (QED) is 0.835. The van der Waals surface area contributed by atoms with Gasteiger partial charge in [-0.05, 0) is 85.0 Å². The minimum absolute atomic E-state index is 0.0696. The molecule has 1 aromatic carbocycles. The summed E-state index contributed by atoms with van der Waals surface area (Å²) in [5.41, 5.74) is 3.41. The number of ether oxygens (including phenoxy) is 1. The van der Waals surface area contributed by atoms with Crippen LogP contribution in [-0.2, 0) is 6.42 Å². The smallest absolute Gasteiger partial charge is 0.120 e. The molecule has 1 N–H and O–H groups in total. The van der Waals surface area contributed by atoms with Crippen LogP contribution in [0, 0.1) is 17.3 Å². The molecule has 0 spiro atoms. The van der Waals surface area contributed by atoms with Gasteiger partial charge in [0, 0.05) is 0 Å². The summed E-state index contributed by atoms with van der Waals surface area (Å²) in [5, 5.41) is 10.2. The Morgan fingerprint density at radius 1 is 1.39 bits per heavy atom. The first-order valence-corrected chi connectivity index (χ1v) is 9.15. The van der Waals surface area contributed by atoms with Crippen LogP contribution in [0.15, 0.2) is 30.9 Å². The Kier molecular flexibility index (Phi) is 3.76. The predicted molar refractivity (Wildman–Crippen MR) is 92.8 cm³/mol. The van der Waals surface area contributed by atoms with Crippen molar-refractivity contribution < 1.29 is 9.84 Å². The van der Waals surface area contributed by atoms with Gasteiger partial charge < -0.3 is 9.84 Å². The van der Waals surface area contributed by atoms with Gasteiger partial charge in [-0.25, -0.2) is 0 Å². The summed E-state index contributed by atoms with van der Waals surface area (Å²) < 4.78 is 5.71. The third kappa shape index (κ3) is 2.52. The number of rotatable bonds is 3. The van der Waals surface area contributed by atoms with Crippen molar-refractivity contribution in [2.24, 2.45) is 17.3 Å². The van der Waals surface area contributed by atoms with Crippen molar-refractivity contribution >= 4 is 0 Å². The summed E-state index contributed by atoms with van der Waals surface area (Å²) in [4.78, 5) is 0. The Bertz CT molecular complexity index is 608. The topological polar surface area (TPSA) is 29.5 Å². The van der Waals surface area contributed by atoms with Crippen molar-refractivity contribution in [3.8, 4) is 5.75 Å². The van der Waals surface area contributed by atoms with E-state index in [1.165, 1.54) is 24.8 Å². The molecule has 124 valence electrons. The highest BCUT2D eigenvalue weighted by atomic mass is 16.5. The average Bonchev–Trinajstić information content (AvgIpc) is 2.86. The van der Waals surface area contributed by atoms with Crippen LogP contribution in [0.1, 0.15) is 56.1 Å². The molecular formula is C21H28O2. The molecule has 4 rings (SSSR count). The van der Waals surface area contributed by atoms with Gasteiger partial charge in [-0.15, -0.1) is 0 Å². The monoisotopic (exact) mass is 312 g/mol. The number of hydrogen-bond donors (Lipinski definition) is 1. The van der Waals surface area contributed by atoms with Crippen LogP contribution in [0.3, 0.4) is 0 Å². The van der Waals surface area contributed by atoms with E-state index in [-0.39, 0.29) is 6.10 Å². The molecule has 0 aromatic heterocycles. The predicted octanol–water partition coefficient (Wildman–Crippen LogP) is 4.47. The molecule has 0 heterocycles. The fourth-order valence-electron chi connectivity index (χ4n) is 5.83. The van der Waals surface area contributed by atoms with Crippen molar-refractivity contribution in [1.82, 2.24) is 0 Å². The highest BCUT2D eigenvalue weighted by Gasteiger charge is 2.52. The lowest BCUT2D eigenvalue weighted by molar-refractivity contribution is 0.0595. The Labute approximate surface area is 139 Å². The maximum Gasteiger partial charge on any atom is 0.120 e. The van der Waals surface area contributed by atoms with Crippen LogP contribution in [0.2, 0.25) is 0 Å². The highest BCUT2D eigenvalue weighted by molar-refractivity contribution is 5.40. The molecule has 5 unspecified atom stereocenters. The first-order valence-electron chi connectivity index (χ1n) is 9.15. The van der Waals surface area contributed by atoms with Gasteiger partial charge in [0.15, 0.2) is 0 Å². The van der Waals surface area contributed by atoms with Gasteiger partial charge in [-0.3, -0.25) is 0 Å². The van der Waals surface area contributed by atoms with Gasteiger partial charge in [-0.1, -0.05) is 25.6 Å². The maximum atomic E-state index is 10.2. The molecule has 2 saturated carbocycles. The minimum Gasteiger partial charge on any atom is -0.490 e. The molecule has 23 heavy (non-hydrogen) atoms. The van der Waals surface area contributed by atoms with E-state index in [9.17, 15) is 5.11 Å². The first kappa shape index (κ1) is 15.3. The fraction of sp³-hybridized carbons (Fsp3) is 0.619. The highest BCUT2D eigenvalue weighted by Crippen LogP contribution is 2.60. The Hall–Kier alpha value is -1.28. The molecule has 0 aliphatic heterocycles. The molecule has 5 atom stereocenters. The third-order valence-electron chi connectivity index (χ3n) is 6.81. The van der Waals surface area contributed by atoms with E-state index in [4.69, 9.17) is 4.74 Å². The second kappa shape index (κ2) is 5.66. The lowest BCUT2D eigenvalue weighted by Crippen LogP contribution is -2.39. The van der Waals surface area contributed by atoms with E-state index in [1.54, 1.807) is 11.6 Å². The number of benzene rings is 1. The van der Waals surface area contributed by atoms with Crippen LogP contribution in [0.25, 0.3) is 0 Å². The number of aliphatic hydroxyl groups excluding tert-OH is 1. The molecular weight excluding hydrogens is 284 g/mol. The molecule has 0 amide bonds. The summed E-state index contributed by atoms with van der Waals surface area (Å²) >= 11 is 0. The van der Waals surface area contributed by atoms with E-state index in [0.717, 1.165) is 30.9 Å². The molecule has 2 nitrogen and oxygen atoms in total. The number of fused-ring (bicyclic) bond motifs is 5. The van der Waals surface area contributed by atoms with Crippen LogP contribution in [0.5, 0.6) is 5.75 Å². The second-order valence-corrected chi connectivity index (χ2v) is 8.16. The molecule has 2 fully saturated rings. The van der Waals surface area contributed by atoms with Crippen LogP contribution in [0.4, 0.5) is 0 Å². The van der Waals surface area contributed by atoms with E-state index in [1.807, 2.05) is 0 Å². The van der Waals surface area contributed by atoms with Gasteiger partial charge >= 0.3 is 0 Å². The van der Waals surface area contributed by atoms with Gasteiger partial charge in [0.05, 0.1) is 6.10 Å². The largest absolute Gasteiger partial charge is 0.490 e. The molecule has 3 aliphatic carbocycles. The van der Waals surface area contributed by atoms with Crippen molar-refractivity contribution in [3.05, 3.63) is 42.0 Å². The number of hydrogen-bond acceptors (Lipinski definition) is 2. The standard InChI is InChI=1S/C21H28O2/c1-3-10-23-16-5-7-17-14(11-16)4-6-19-18(17)8-9-21(2)13-15(22)12-20(19)21/h3,5,7,11,15,18-20,22H,1,4,6,8-10,12-13H2,2H3. The van der Waals surface area contributed by atoms with E-state index >= 15 is 0 Å². The van der Waals surface area contributed by atoms with Crippen molar-refractivity contribution in [2.75, 3.05) is 6.61 Å². The molecule has 0 radical (unpaired) electrons. The molecule has 3 aliphatic rings. The fourth-order valence-corrected chi connectivity index (χ4v) is 5.83. The van der Waals surface area contributed by atoms with Crippen LogP contribution >= 0.6 is 0 Å². The summed E-state index contributed by atoms with van der Waals surface area (Å²) in [6.07, 6.45) is 8.74. The first-order chi connectivity index (χ1) is 11.1. The summed E-state index contributed by atoms with van der Waals surface area (Å²) in [7, 11) is 0. The number of aryl methyl sites for hydroxylation is 1. The maximum absolute atomic E-state index is 10.2. The SMILES string of the molecule is C=CCOc1ccc2c(c1)CCC1C2CCC2(C)CC(O)CC12. The summed E-state index contributed by atoms with van der Waals surface area (Å²) in [6, 6.07) is 6.67. The van der Waals surface area contributed by atoms with Gasteiger partial charge in [0.1, 0.15) is 12.4 Å². The molecule has 1 aromatic rings. The lowest BCUT2D eigenvalue weighted by atomic mass is 9.56. The van der Waals surface area contributed by atoms with E-state index in [0.29, 0.717) is 23.9 Å². The zero-order chi connectivity index (χ0) is 16.0. The number of aliphatic hydroxyl groups is 1. The van der Waals surface area contributed by atoms with Crippen LogP contribution in [-0.4, -0.2) is 17.8 Å². The van der Waals surface area contributed by atoms with E-state index < -0.39 is 0 Å². The summed E-state index contributed by atoms with van der Waals surface area (Å²) in [6.45, 7) is 6.71. The minimum atomic E-state index is -0.0696. The van der Waals surface area contributed by atoms with Crippen molar-refractivity contribution in [2.45, 2.75) is 57.5 Å². The van der Waals surface area contributed by atoms with E-state index in [2.05, 4.69) is 31.7 Å².